The van der Waals surface area contributed by atoms with Gasteiger partial charge in [0, 0.05) is 12.2 Å². The Morgan fingerprint density at radius 3 is 3.00 bits per heavy atom. The van der Waals surface area contributed by atoms with Crippen LogP contribution < -0.4 is 10.1 Å². The first-order valence-electron chi connectivity index (χ1n) is 6.93. The van der Waals surface area contributed by atoms with Gasteiger partial charge in [0.2, 0.25) is 0 Å². The van der Waals surface area contributed by atoms with Crippen LogP contribution in [0.2, 0.25) is 0 Å². The number of hydrogen-bond acceptors (Lipinski definition) is 3. The van der Waals surface area contributed by atoms with Gasteiger partial charge >= 0.3 is 0 Å². The Labute approximate surface area is 108 Å². The van der Waals surface area contributed by atoms with Gasteiger partial charge in [-0.05, 0) is 38.3 Å². The zero-order valence-electron chi connectivity index (χ0n) is 10.9. The quantitative estimate of drug-likeness (QED) is 0.890. The third kappa shape index (κ3) is 2.13. The van der Waals surface area contributed by atoms with Crippen LogP contribution >= 0.6 is 0 Å². The molecule has 0 aliphatic carbocycles. The summed E-state index contributed by atoms with van der Waals surface area (Å²) in [4.78, 5) is 0. The minimum atomic E-state index is 0.251. The van der Waals surface area contributed by atoms with E-state index >= 15 is 0 Å². The number of fused-ring (bicyclic) bond motifs is 1. The average molecular weight is 247 g/mol. The lowest BCUT2D eigenvalue weighted by Gasteiger charge is -2.28. The number of para-hydroxylation sites is 1. The van der Waals surface area contributed by atoms with E-state index in [0.29, 0.717) is 0 Å². The van der Waals surface area contributed by atoms with Crippen LogP contribution in [0.5, 0.6) is 5.75 Å². The Morgan fingerprint density at radius 2 is 2.22 bits per heavy atom. The molecular weight excluding hydrogens is 226 g/mol. The molecule has 1 fully saturated rings. The predicted octanol–water partition coefficient (Wildman–Crippen LogP) is 2.45. The van der Waals surface area contributed by atoms with Crippen molar-refractivity contribution in [1.82, 2.24) is 5.32 Å². The van der Waals surface area contributed by atoms with Crippen molar-refractivity contribution in [2.24, 2.45) is 0 Å². The Kier molecular flexibility index (Phi) is 3.52. The SMILES string of the molecule is CNC(c1cccc2c1OCCC2)C1CCCO1. The van der Waals surface area contributed by atoms with Crippen LogP contribution in [0.1, 0.15) is 36.4 Å². The number of ether oxygens (including phenoxy) is 2. The van der Waals surface area contributed by atoms with Crippen molar-refractivity contribution in [3.8, 4) is 5.75 Å². The van der Waals surface area contributed by atoms with E-state index in [1.165, 1.54) is 17.5 Å². The summed E-state index contributed by atoms with van der Waals surface area (Å²) < 4.78 is 11.7. The number of aryl methyl sites for hydroxylation is 1. The van der Waals surface area contributed by atoms with Crippen molar-refractivity contribution >= 4 is 0 Å². The maximum absolute atomic E-state index is 5.90. The molecule has 3 nitrogen and oxygen atoms in total. The molecule has 0 saturated carbocycles. The molecular formula is C15H21NO2. The van der Waals surface area contributed by atoms with Crippen LogP contribution in [0.15, 0.2) is 18.2 Å². The van der Waals surface area contributed by atoms with E-state index in [4.69, 9.17) is 9.47 Å². The van der Waals surface area contributed by atoms with Gasteiger partial charge in [-0.25, -0.2) is 0 Å². The summed E-state index contributed by atoms with van der Waals surface area (Å²) in [5, 5.41) is 3.41. The molecule has 0 amide bonds. The fourth-order valence-corrected chi connectivity index (χ4v) is 3.07. The number of rotatable bonds is 3. The Balaban J connectivity index is 1.93. The van der Waals surface area contributed by atoms with E-state index in [1.807, 2.05) is 7.05 Å². The summed E-state index contributed by atoms with van der Waals surface area (Å²) in [7, 11) is 2.01. The molecule has 2 heterocycles. The molecule has 0 aromatic heterocycles. The van der Waals surface area contributed by atoms with E-state index < -0.39 is 0 Å². The second-order valence-electron chi connectivity index (χ2n) is 5.11. The number of nitrogens with one attached hydrogen (secondary N) is 1. The summed E-state index contributed by atoms with van der Waals surface area (Å²) in [6.07, 6.45) is 4.84. The highest BCUT2D eigenvalue weighted by Gasteiger charge is 2.29. The molecule has 1 saturated heterocycles. The normalized spacial score (nSPS) is 24.4. The molecule has 0 radical (unpaired) electrons. The van der Waals surface area contributed by atoms with Crippen LogP contribution in [0.4, 0.5) is 0 Å². The number of benzene rings is 1. The van der Waals surface area contributed by atoms with Gasteiger partial charge in [0.25, 0.3) is 0 Å². The van der Waals surface area contributed by atoms with E-state index in [2.05, 4.69) is 23.5 Å². The second kappa shape index (κ2) is 5.29. The molecule has 0 bridgehead atoms. The molecule has 2 aliphatic heterocycles. The molecule has 18 heavy (non-hydrogen) atoms. The van der Waals surface area contributed by atoms with Crippen molar-refractivity contribution in [3.63, 3.8) is 0 Å². The van der Waals surface area contributed by atoms with Gasteiger partial charge in [-0.1, -0.05) is 18.2 Å². The highest BCUT2D eigenvalue weighted by molar-refractivity contribution is 5.45. The monoisotopic (exact) mass is 247 g/mol. The van der Waals surface area contributed by atoms with Crippen LogP contribution in [-0.2, 0) is 11.2 Å². The first kappa shape index (κ1) is 12.0. The molecule has 1 N–H and O–H groups in total. The van der Waals surface area contributed by atoms with Crippen molar-refractivity contribution in [2.45, 2.75) is 37.8 Å². The van der Waals surface area contributed by atoms with E-state index in [1.54, 1.807) is 0 Å². The maximum atomic E-state index is 5.90. The zero-order chi connectivity index (χ0) is 12.4. The van der Waals surface area contributed by atoms with Crippen LogP contribution in [-0.4, -0.2) is 26.4 Å². The van der Waals surface area contributed by atoms with Gasteiger partial charge in [-0.3, -0.25) is 0 Å². The standard InChI is InChI=1S/C15H21NO2/c1-16-14(13-8-4-9-17-13)12-7-2-5-11-6-3-10-18-15(11)12/h2,5,7,13-14,16H,3-4,6,8-10H2,1H3. The topological polar surface area (TPSA) is 30.5 Å². The van der Waals surface area contributed by atoms with Crippen LogP contribution in [0.3, 0.4) is 0 Å². The second-order valence-corrected chi connectivity index (χ2v) is 5.11. The molecule has 2 aliphatic rings. The highest BCUT2D eigenvalue weighted by Crippen LogP contribution is 2.36. The summed E-state index contributed by atoms with van der Waals surface area (Å²) in [6, 6.07) is 6.75. The fraction of sp³-hybridized carbons (Fsp3) is 0.600. The average Bonchev–Trinajstić information content (AvgIpc) is 2.94. The third-order valence-electron chi connectivity index (χ3n) is 3.95. The first-order valence-corrected chi connectivity index (χ1v) is 6.93. The Bertz CT molecular complexity index is 413. The zero-order valence-corrected chi connectivity index (χ0v) is 10.9. The van der Waals surface area contributed by atoms with Crippen LogP contribution in [0.25, 0.3) is 0 Å². The van der Waals surface area contributed by atoms with Crippen molar-refractivity contribution < 1.29 is 9.47 Å². The van der Waals surface area contributed by atoms with Gasteiger partial charge in [-0.15, -0.1) is 0 Å². The summed E-state index contributed by atoms with van der Waals surface area (Å²) >= 11 is 0. The number of hydrogen-bond donors (Lipinski definition) is 1. The van der Waals surface area contributed by atoms with Crippen LogP contribution in [0, 0.1) is 0 Å². The largest absolute Gasteiger partial charge is 0.493 e. The first-order chi connectivity index (χ1) is 8.90. The van der Waals surface area contributed by atoms with E-state index in [0.717, 1.165) is 38.2 Å². The summed E-state index contributed by atoms with van der Waals surface area (Å²) in [5.74, 6) is 1.10. The lowest BCUT2D eigenvalue weighted by atomic mass is 9.94. The molecule has 3 heteroatoms. The van der Waals surface area contributed by atoms with Gasteiger partial charge in [-0.2, -0.15) is 0 Å². The molecule has 1 aromatic rings. The minimum absolute atomic E-state index is 0.251. The number of likely N-dealkylation sites (N-methyl/N-ethyl adjacent to an activating group) is 1. The molecule has 1 aromatic carbocycles. The lowest BCUT2D eigenvalue weighted by molar-refractivity contribution is 0.0794. The Morgan fingerprint density at radius 1 is 1.28 bits per heavy atom. The van der Waals surface area contributed by atoms with Crippen molar-refractivity contribution in [2.75, 3.05) is 20.3 Å². The van der Waals surface area contributed by atoms with Gasteiger partial charge < -0.3 is 14.8 Å². The third-order valence-corrected chi connectivity index (χ3v) is 3.95. The van der Waals surface area contributed by atoms with Gasteiger partial charge in [0.1, 0.15) is 5.75 Å². The molecule has 0 spiro atoms. The molecule has 98 valence electrons. The minimum Gasteiger partial charge on any atom is -0.493 e. The van der Waals surface area contributed by atoms with Crippen molar-refractivity contribution in [1.29, 1.82) is 0 Å². The Hall–Kier alpha value is -1.06. The lowest BCUT2D eigenvalue weighted by Crippen LogP contribution is -2.30. The van der Waals surface area contributed by atoms with E-state index in [-0.39, 0.29) is 12.1 Å². The molecule has 2 unspecified atom stereocenters. The van der Waals surface area contributed by atoms with Gasteiger partial charge in [0.05, 0.1) is 18.8 Å². The maximum Gasteiger partial charge on any atom is 0.127 e. The smallest absolute Gasteiger partial charge is 0.127 e. The highest BCUT2D eigenvalue weighted by atomic mass is 16.5. The predicted molar refractivity (Wildman–Crippen MR) is 71.0 cm³/mol. The van der Waals surface area contributed by atoms with Gasteiger partial charge in [0.15, 0.2) is 0 Å². The summed E-state index contributed by atoms with van der Waals surface area (Å²) in [6.45, 7) is 1.73. The van der Waals surface area contributed by atoms with Crippen molar-refractivity contribution in [3.05, 3.63) is 29.3 Å². The summed E-state index contributed by atoms with van der Waals surface area (Å²) in [5.41, 5.74) is 2.61. The molecule has 2 atom stereocenters. The van der Waals surface area contributed by atoms with E-state index in [9.17, 15) is 0 Å². The fourth-order valence-electron chi connectivity index (χ4n) is 3.07. The molecule has 3 rings (SSSR count).